The van der Waals surface area contributed by atoms with Gasteiger partial charge in [-0.1, -0.05) is 43.0 Å². The lowest BCUT2D eigenvalue weighted by molar-refractivity contribution is -0.116. The molecule has 7 heteroatoms. The first-order valence-electron chi connectivity index (χ1n) is 9.92. The molecule has 1 fully saturated rings. The maximum Gasteiger partial charge on any atom is 0.243 e. The van der Waals surface area contributed by atoms with Crippen LogP contribution in [0.25, 0.3) is 0 Å². The van der Waals surface area contributed by atoms with Gasteiger partial charge in [0.15, 0.2) is 0 Å². The number of amides is 1. The minimum absolute atomic E-state index is 0.161. The van der Waals surface area contributed by atoms with E-state index in [2.05, 4.69) is 5.32 Å². The van der Waals surface area contributed by atoms with Gasteiger partial charge in [0.05, 0.1) is 18.6 Å². The fourth-order valence-electron chi connectivity index (χ4n) is 3.67. The monoisotopic (exact) mass is 416 g/mol. The minimum atomic E-state index is -3.77. The fourth-order valence-corrected chi connectivity index (χ4v) is 5.31. The second-order valence-corrected chi connectivity index (χ2v) is 9.33. The van der Waals surface area contributed by atoms with Crippen molar-refractivity contribution in [3.05, 3.63) is 54.1 Å². The minimum Gasteiger partial charge on any atom is -0.497 e. The molecule has 0 bridgehead atoms. The number of benzene rings is 2. The molecule has 0 radical (unpaired) electrons. The lowest BCUT2D eigenvalue weighted by Gasteiger charge is -2.33. The fraction of sp³-hybridized carbons (Fsp3) is 0.409. The molecule has 0 aromatic heterocycles. The smallest absolute Gasteiger partial charge is 0.243 e. The van der Waals surface area contributed by atoms with Crippen molar-refractivity contribution in [3.8, 4) is 5.75 Å². The van der Waals surface area contributed by atoms with Crippen molar-refractivity contribution >= 4 is 21.6 Å². The number of aryl methyl sites for hydroxylation is 1. The van der Waals surface area contributed by atoms with Crippen LogP contribution in [0.15, 0.2) is 53.4 Å². The predicted molar refractivity (Wildman–Crippen MR) is 114 cm³/mol. The highest BCUT2D eigenvalue weighted by molar-refractivity contribution is 7.89. The van der Waals surface area contributed by atoms with Crippen molar-refractivity contribution < 1.29 is 17.9 Å². The molecule has 0 aliphatic heterocycles. The standard InChI is InChI=1S/C22H28N2O4S/c1-17-11-13-21(14-12-17)29(26,27)24(19-8-4-3-5-9-19)16-22(25)23-18-7-6-10-20(15-18)28-2/h6-7,10-15,19H,3-5,8-9,16H2,1-2H3,(H,23,25). The zero-order valence-corrected chi connectivity index (χ0v) is 17.7. The number of anilines is 1. The molecule has 2 aromatic rings. The summed E-state index contributed by atoms with van der Waals surface area (Å²) in [5, 5.41) is 2.79. The third-order valence-corrected chi connectivity index (χ3v) is 7.18. The number of ether oxygens (including phenoxy) is 1. The summed E-state index contributed by atoms with van der Waals surface area (Å²) in [4.78, 5) is 13.0. The van der Waals surface area contributed by atoms with Crippen LogP contribution in [0.3, 0.4) is 0 Å². The molecular weight excluding hydrogens is 388 g/mol. The summed E-state index contributed by atoms with van der Waals surface area (Å²) >= 11 is 0. The van der Waals surface area contributed by atoms with Gasteiger partial charge in [-0.2, -0.15) is 4.31 Å². The summed E-state index contributed by atoms with van der Waals surface area (Å²) in [5.74, 6) is 0.263. The van der Waals surface area contributed by atoms with Crippen LogP contribution in [0.2, 0.25) is 0 Å². The molecule has 1 aliphatic carbocycles. The Morgan fingerprint density at radius 1 is 1.10 bits per heavy atom. The van der Waals surface area contributed by atoms with E-state index in [1.807, 2.05) is 6.92 Å². The number of nitrogens with one attached hydrogen (secondary N) is 1. The van der Waals surface area contributed by atoms with Crippen LogP contribution in [0.5, 0.6) is 5.75 Å². The Balaban J connectivity index is 1.83. The lowest BCUT2D eigenvalue weighted by Crippen LogP contribution is -2.45. The molecular formula is C22H28N2O4S. The molecule has 0 unspecified atom stereocenters. The molecule has 0 heterocycles. The molecule has 156 valence electrons. The quantitative estimate of drug-likeness (QED) is 0.741. The third kappa shape index (κ3) is 5.36. The van der Waals surface area contributed by atoms with E-state index < -0.39 is 10.0 Å². The number of methoxy groups -OCH3 is 1. The highest BCUT2D eigenvalue weighted by Gasteiger charge is 2.33. The number of rotatable bonds is 7. The van der Waals surface area contributed by atoms with Gasteiger partial charge in [0.2, 0.25) is 15.9 Å². The average molecular weight is 417 g/mol. The number of carbonyl (C=O) groups excluding carboxylic acids is 1. The summed E-state index contributed by atoms with van der Waals surface area (Å²) in [6.45, 7) is 1.70. The van der Waals surface area contributed by atoms with E-state index in [0.29, 0.717) is 11.4 Å². The first kappa shape index (κ1) is 21.3. The molecule has 1 aliphatic rings. The van der Waals surface area contributed by atoms with Gasteiger partial charge in [0, 0.05) is 17.8 Å². The highest BCUT2D eigenvalue weighted by atomic mass is 32.2. The Morgan fingerprint density at radius 2 is 1.79 bits per heavy atom. The van der Waals surface area contributed by atoms with Crippen molar-refractivity contribution in [3.63, 3.8) is 0 Å². The van der Waals surface area contributed by atoms with Crippen molar-refractivity contribution in [1.29, 1.82) is 0 Å². The number of hydrogen-bond acceptors (Lipinski definition) is 4. The van der Waals surface area contributed by atoms with Crippen LogP contribution in [0.1, 0.15) is 37.7 Å². The summed E-state index contributed by atoms with van der Waals surface area (Å²) < 4.78 is 33.3. The first-order valence-corrected chi connectivity index (χ1v) is 11.4. The predicted octanol–water partition coefficient (Wildman–Crippen LogP) is 3.97. The van der Waals surface area contributed by atoms with Crippen molar-refractivity contribution in [2.75, 3.05) is 19.0 Å². The summed E-state index contributed by atoms with van der Waals surface area (Å²) in [5.41, 5.74) is 1.56. The Kier molecular flexibility index (Phi) is 6.92. The van der Waals surface area contributed by atoms with E-state index in [0.717, 1.165) is 37.7 Å². The van der Waals surface area contributed by atoms with Gasteiger partial charge in [0.1, 0.15) is 5.75 Å². The summed E-state index contributed by atoms with van der Waals surface area (Å²) in [6, 6.07) is 13.6. The zero-order chi connectivity index (χ0) is 20.9. The van der Waals surface area contributed by atoms with Crippen LogP contribution in [0.4, 0.5) is 5.69 Å². The van der Waals surface area contributed by atoms with E-state index in [-0.39, 0.29) is 23.4 Å². The van der Waals surface area contributed by atoms with Gasteiger partial charge in [-0.25, -0.2) is 8.42 Å². The number of carbonyl (C=O) groups is 1. The Morgan fingerprint density at radius 3 is 2.45 bits per heavy atom. The zero-order valence-electron chi connectivity index (χ0n) is 16.9. The van der Waals surface area contributed by atoms with Gasteiger partial charge in [-0.3, -0.25) is 4.79 Å². The molecule has 1 saturated carbocycles. The van der Waals surface area contributed by atoms with Crippen LogP contribution in [-0.4, -0.2) is 38.3 Å². The van der Waals surface area contributed by atoms with Gasteiger partial charge >= 0.3 is 0 Å². The number of hydrogen-bond donors (Lipinski definition) is 1. The molecule has 6 nitrogen and oxygen atoms in total. The molecule has 0 atom stereocenters. The van der Waals surface area contributed by atoms with E-state index in [1.54, 1.807) is 55.6 Å². The normalized spacial score (nSPS) is 15.3. The molecule has 3 rings (SSSR count). The maximum absolute atomic E-state index is 13.4. The lowest BCUT2D eigenvalue weighted by atomic mass is 9.95. The van der Waals surface area contributed by atoms with Gasteiger partial charge < -0.3 is 10.1 Å². The molecule has 2 aromatic carbocycles. The number of nitrogens with zero attached hydrogens (tertiary/aromatic N) is 1. The van der Waals surface area contributed by atoms with Crippen molar-refractivity contribution in [2.45, 2.75) is 50.0 Å². The van der Waals surface area contributed by atoms with E-state index in [4.69, 9.17) is 4.74 Å². The third-order valence-electron chi connectivity index (χ3n) is 5.26. The summed E-state index contributed by atoms with van der Waals surface area (Å²) in [7, 11) is -2.21. The van der Waals surface area contributed by atoms with E-state index in [9.17, 15) is 13.2 Å². The van der Waals surface area contributed by atoms with Crippen molar-refractivity contribution in [2.24, 2.45) is 0 Å². The van der Waals surface area contributed by atoms with Gasteiger partial charge in [-0.05, 0) is 44.0 Å². The highest BCUT2D eigenvalue weighted by Crippen LogP contribution is 2.28. The van der Waals surface area contributed by atoms with Gasteiger partial charge in [-0.15, -0.1) is 0 Å². The molecule has 29 heavy (non-hydrogen) atoms. The van der Waals surface area contributed by atoms with E-state index >= 15 is 0 Å². The van der Waals surface area contributed by atoms with Crippen LogP contribution >= 0.6 is 0 Å². The Hall–Kier alpha value is -2.38. The molecule has 0 saturated heterocycles. The van der Waals surface area contributed by atoms with E-state index in [1.165, 1.54) is 4.31 Å². The molecule has 1 N–H and O–H groups in total. The van der Waals surface area contributed by atoms with Crippen LogP contribution in [-0.2, 0) is 14.8 Å². The summed E-state index contributed by atoms with van der Waals surface area (Å²) in [6.07, 6.45) is 4.60. The first-order chi connectivity index (χ1) is 13.9. The average Bonchev–Trinajstić information content (AvgIpc) is 2.73. The Labute approximate surface area is 172 Å². The molecule has 1 amide bonds. The second-order valence-electron chi connectivity index (χ2n) is 7.44. The second kappa shape index (κ2) is 9.41. The Bertz CT molecular complexity index is 936. The van der Waals surface area contributed by atoms with Crippen molar-refractivity contribution in [1.82, 2.24) is 4.31 Å². The largest absolute Gasteiger partial charge is 0.497 e. The number of sulfonamides is 1. The van der Waals surface area contributed by atoms with Crippen LogP contribution < -0.4 is 10.1 Å². The van der Waals surface area contributed by atoms with Gasteiger partial charge in [0.25, 0.3) is 0 Å². The SMILES string of the molecule is COc1cccc(NC(=O)CN(C2CCCCC2)S(=O)(=O)c2ccc(C)cc2)c1. The molecule has 0 spiro atoms. The topological polar surface area (TPSA) is 75.7 Å². The van der Waals surface area contributed by atoms with Crippen LogP contribution in [0, 0.1) is 6.92 Å². The maximum atomic E-state index is 13.4.